The van der Waals surface area contributed by atoms with Crippen molar-refractivity contribution in [3.8, 4) is 12.3 Å². The first kappa shape index (κ1) is 11.5. The van der Waals surface area contributed by atoms with Gasteiger partial charge in [0.05, 0.1) is 0 Å². The zero-order valence-electron chi connectivity index (χ0n) is 8.64. The van der Waals surface area contributed by atoms with Crippen LogP contribution in [-0.4, -0.2) is 24.5 Å². The van der Waals surface area contributed by atoms with Crippen molar-refractivity contribution < 1.29 is 0 Å². The highest BCUT2D eigenvalue weighted by molar-refractivity contribution is 4.83. The van der Waals surface area contributed by atoms with Gasteiger partial charge in [-0.05, 0) is 25.4 Å². The summed E-state index contributed by atoms with van der Waals surface area (Å²) in [5.74, 6) is 3.43. The first-order valence-corrected chi connectivity index (χ1v) is 4.86. The van der Waals surface area contributed by atoms with Gasteiger partial charge in [-0.3, -0.25) is 0 Å². The second-order valence-electron chi connectivity index (χ2n) is 3.59. The predicted molar refractivity (Wildman–Crippen MR) is 55.0 cm³/mol. The lowest BCUT2D eigenvalue weighted by Gasteiger charge is -2.21. The first-order valence-electron chi connectivity index (χ1n) is 4.86. The van der Waals surface area contributed by atoms with Gasteiger partial charge in [0.25, 0.3) is 0 Å². The Hall–Kier alpha value is -0.480. The minimum Gasteiger partial charge on any atom is -0.303 e. The lowest BCUT2D eigenvalue weighted by molar-refractivity contribution is 0.254. The topological polar surface area (TPSA) is 3.24 Å². The molecule has 0 unspecified atom stereocenters. The van der Waals surface area contributed by atoms with Crippen LogP contribution in [0.4, 0.5) is 0 Å². The molecule has 1 nitrogen and oxygen atoms in total. The fourth-order valence-corrected chi connectivity index (χ4v) is 1.30. The highest BCUT2D eigenvalue weighted by Gasteiger charge is 2.03. The van der Waals surface area contributed by atoms with Crippen molar-refractivity contribution >= 4 is 0 Å². The van der Waals surface area contributed by atoms with Crippen LogP contribution in [0.1, 0.15) is 33.6 Å². The largest absolute Gasteiger partial charge is 0.303 e. The maximum Gasteiger partial charge on any atom is 0.00982 e. The van der Waals surface area contributed by atoms with E-state index < -0.39 is 0 Å². The molecule has 0 aromatic carbocycles. The van der Waals surface area contributed by atoms with Crippen LogP contribution in [0.5, 0.6) is 0 Å². The molecule has 0 aromatic rings. The molecular formula is C11H21N. The molecule has 0 spiro atoms. The molecule has 0 radical (unpaired) electrons. The summed E-state index contributed by atoms with van der Waals surface area (Å²) in [7, 11) is 0. The van der Waals surface area contributed by atoms with E-state index in [4.69, 9.17) is 6.42 Å². The predicted octanol–water partition coefficient (Wildman–Crippen LogP) is 2.38. The maximum atomic E-state index is 5.19. The number of hydrogen-bond donors (Lipinski definition) is 0. The first-order chi connectivity index (χ1) is 5.70. The van der Waals surface area contributed by atoms with Crippen molar-refractivity contribution in [2.75, 3.05) is 19.6 Å². The number of terminal acetylenes is 1. The fourth-order valence-electron chi connectivity index (χ4n) is 1.30. The third-order valence-electron chi connectivity index (χ3n) is 1.87. The van der Waals surface area contributed by atoms with Crippen LogP contribution in [0.25, 0.3) is 0 Å². The van der Waals surface area contributed by atoms with Gasteiger partial charge in [0.1, 0.15) is 0 Å². The summed E-state index contributed by atoms with van der Waals surface area (Å²) < 4.78 is 0. The SMILES string of the molecule is C#CCCCN(CC)CC(C)C. The number of rotatable bonds is 6. The van der Waals surface area contributed by atoms with E-state index in [-0.39, 0.29) is 0 Å². The van der Waals surface area contributed by atoms with Gasteiger partial charge in [-0.1, -0.05) is 20.8 Å². The van der Waals surface area contributed by atoms with Gasteiger partial charge in [0, 0.05) is 13.0 Å². The van der Waals surface area contributed by atoms with Crippen molar-refractivity contribution in [3.05, 3.63) is 0 Å². The van der Waals surface area contributed by atoms with Gasteiger partial charge < -0.3 is 4.90 Å². The molecule has 0 atom stereocenters. The molecule has 0 rings (SSSR count). The molecule has 0 aliphatic carbocycles. The van der Waals surface area contributed by atoms with E-state index in [2.05, 4.69) is 31.6 Å². The van der Waals surface area contributed by atoms with Gasteiger partial charge in [-0.2, -0.15) is 0 Å². The van der Waals surface area contributed by atoms with Gasteiger partial charge in [0.2, 0.25) is 0 Å². The number of unbranched alkanes of at least 4 members (excludes halogenated alkanes) is 1. The molecule has 0 fully saturated rings. The summed E-state index contributed by atoms with van der Waals surface area (Å²) >= 11 is 0. The number of nitrogens with zero attached hydrogens (tertiary/aromatic N) is 1. The van der Waals surface area contributed by atoms with Crippen molar-refractivity contribution in [2.45, 2.75) is 33.6 Å². The highest BCUT2D eigenvalue weighted by Crippen LogP contribution is 2.00. The zero-order chi connectivity index (χ0) is 9.40. The Morgan fingerprint density at radius 1 is 1.42 bits per heavy atom. The van der Waals surface area contributed by atoms with E-state index in [0.29, 0.717) is 0 Å². The summed E-state index contributed by atoms with van der Waals surface area (Å²) in [6, 6.07) is 0. The molecule has 0 aromatic heterocycles. The monoisotopic (exact) mass is 167 g/mol. The summed E-state index contributed by atoms with van der Waals surface area (Å²) in [6.45, 7) is 10.2. The van der Waals surface area contributed by atoms with Crippen LogP contribution >= 0.6 is 0 Å². The Labute approximate surface area is 77.1 Å². The van der Waals surface area contributed by atoms with Gasteiger partial charge in [-0.15, -0.1) is 12.3 Å². The quantitative estimate of drug-likeness (QED) is 0.433. The zero-order valence-corrected chi connectivity index (χ0v) is 8.64. The van der Waals surface area contributed by atoms with E-state index >= 15 is 0 Å². The second kappa shape index (κ2) is 7.18. The molecule has 0 bridgehead atoms. The van der Waals surface area contributed by atoms with Crippen molar-refractivity contribution in [1.82, 2.24) is 4.90 Å². The molecule has 0 saturated carbocycles. The molecule has 70 valence electrons. The van der Waals surface area contributed by atoms with E-state index in [9.17, 15) is 0 Å². The average molecular weight is 167 g/mol. The summed E-state index contributed by atoms with van der Waals surface area (Å²) in [6.07, 6.45) is 7.24. The Kier molecular flexibility index (Phi) is 6.90. The van der Waals surface area contributed by atoms with E-state index in [0.717, 1.165) is 31.8 Å². The fraction of sp³-hybridized carbons (Fsp3) is 0.818. The van der Waals surface area contributed by atoms with Crippen molar-refractivity contribution in [1.29, 1.82) is 0 Å². The third-order valence-corrected chi connectivity index (χ3v) is 1.87. The smallest absolute Gasteiger partial charge is 0.00982 e. The van der Waals surface area contributed by atoms with Crippen LogP contribution in [0.3, 0.4) is 0 Å². The van der Waals surface area contributed by atoms with Crippen LogP contribution < -0.4 is 0 Å². The van der Waals surface area contributed by atoms with E-state index in [1.165, 1.54) is 6.54 Å². The third kappa shape index (κ3) is 6.24. The van der Waals surface area contributed by atoms with Crippen molar-refractivity contribution in [3.63, 3.8) is 0 Å². The van der Waals surface area contributed by atoms with Gasteiger partial charge in [-0.25, -0.2) is 0 Å². The lowest BCUT2D eigenvalue weighted by Crippen LogP contribution is -2.28. The second-order valence-corrected chi connectivity index (χ2v) is 3.59. The summed E-state index contributed by atoms with van der Waals surface area (Å²) in [4.78, 5) is 2.46. The van der Waals surface area contributed by atoms with Gasteiger partial charge >= 0.3 is 0 Å². The Morgan fingerprint density at radius 3 is 2.50 bits per heavy atom. The molecule has 0 amide bonds. The van der Waals surface area contributed by atoms with E-state index in [1.54, 1.807) is 0 Å². The Morgan fingerprint density at radius 2 is 2.08 bits per heavy atom. The highest BCUT2D eigenvalue weighted by atomic mass is 15.1. The maximum absolute atomic E-state index is 5.19. The molecule has 0 heterocycles. The van der Waals surface area contributed by atoms with Gasteiger partial charge in [0.15, 0.2) is 0 Å². The van der Waals surface area contributed by atoms with Crippen LogP contribution in [0.2, 0.25) is 0 Å². The minimum absolute atomic E-state index is 0.760. The molecule has 0 N–H and O–H groups in total. The van der Waals surface area contributed by atoms with Crippen LogP contribution in [0, 0.1) is 18.3 Å². The van der Waals surface area contributed by atoms with Crippen molar-refractivity contribution in [2.24, 2.45) is 5.92 Å². The Bertz CT molecular complexity index is 132. The number of hydrogen-bond acceptors (Lipinski definition) is 1. The standard InChI is InChI=1S/C11H21N/c1-5-7-8-9-12(6-2)10-11(3)4/h1,11H,6-10H2,2-4H3. The molecule has 0 aliphatic heterocycles. The van der Waals surface area contributed by atoms with Crippen LogP contribution in [0.15, 0.2) is 0 Å². The molecule has 0 saturated heterocycles. The molecular weight excluding hydrogens is 146 g/mol. The average Bonchev–Trinajstić information content (AvgIpc) is 2.02. The molecule has 0 aliphatic rings. The van der Waals surface area contributed by atoms with E-state index in [1.807, 2.05) is 0 Å². The van der Waals surface area contributed by atoms with Crippen LogP contribution in [-0.2, 0) is 0 Å². The molecule has 1 heteroatoms. The summed E-state index contributed by atoms with van der Waals surface area (Å²) in [5.41, 5.74) is 0. The normalized spacial score (nSPS) is 10.7. The summed E-state index contributed by atoms with van der Waals surface area (Å²) in [5, 5.41) is 0. The lowest BCUT2D eigenvalue weighted by atomic mass is 10.2. The minimum atomic E-state index is 0.760. The Balaban J connectivity index is 3.47. The molecule has 12 heavy (non-hydrogen) atoms.